The molecule has 1 fully saturated rings. The van der Waals surface area contributed by atoms with Crippen molar-refractivity contribution >= 4 is 12.0 Å². The quantitative estimate of drug-likeness (QED) is 0.700. The van der Waals surface area contributed by atoms with Crippen LogP contribution in [0.5, 0.6) is 0 Å². The lowest BCUT2D eigenvalue weighted by atomic mass is 10.0. The summed E-state index contributed by atoms with van der Waals surface area (Å²) < 4.78 is 5.23. The number of likely N-dealkylation sites (N-methyl/N-ethyl adjacent to an activating group) is 1. The minimum Gasteiger partial charge on any atom is -0.481 e. The van der Waals surface area contributed by atoms with Gasteiger partial charge < -0.3 is 24.7 Å². The third-order valence-corrected chi connectivity index (χ3v) is 3.59. The molecule has 0 bridgehead atoms. The monoisotopic (exact) mass is 288 g/mol. The van der Waals surface area contributed by atoms with E-state index in [0.717, 1.165) is 0 Å². The summed E-state index contributed by atoms with van der Waals surface area (Å²) in [6, 6.07) is -0.613. The van der Waals surface area contributed by atoms with Crippen molar-refractivity contribution in [2.45, 2.75) is 26.3 Å². The topological polar surface area (TPSA) is 90.3 Å². The molecule has 0 spiro atoms. The third-order valence-electron chi connectivity index (χ3n) is 3.59. The van der Waals surface area contributed by atoms with E-state index in [4.69, 9.17) is 9.84 Å². The van der Waals surface area contributed by atoms with Gasteiger partial charge in [-0.15, -0.1) is 0 Å². The third kappa shape index (κ3) is 3.83. The van der Waals surface area contributed by atoms with Gasteiger partial charge in [0.15, 0.2) is 0 Å². The molecular formula is C13H24N2O5. The highest BCUT2D eigenvalue weighted by Crippen LogP contribution is 2.21. The summed E-state index contributed by atoms with van der Waals surface area (Å²) in [4.78, 5) is 26.9. The largest absolute Gasteiger partial charge is 0.481 e. The fourth-order valence-corrected chi connectivity index (χ4v) is 2.43. The van der Waals surface area contributed by atoms with Gasteiger partial charge in [-0.1, -0.05) is 0 Å². The fourth-order valence-electron chi connectivity index (χ4n) is 2.43. The average Bonchev–Trinajstić information content (AvgIpc) is 2.90. The number of hydrogen-bond acceptors (Lipinski definition) is 4. The summed E-state index contributed by atoms with van der Waals surface area (Å²) in [5.41, 5.74) is 0. The maximum atomic E-state index is 12.5. The predicted octanol–water partition coefficient (Wildman–Crippen LogP) is 0.232. The normalized spacial score (nSPS) is 21.8. The van der Waals surface area contributed by atoms with Crippen molar-refractivity contribution in [1.82, 2.24) is 9.80 Å². The van der Waals surface area contributed by atoms with Gasteiger partial charge in [0.05, 0.1) is 19.3 Å². The van der Waals surface area contributed by atoms with Gasteiger partial charge in [0.25, 0.3) is 0 Å². The van der Waals surface area contributed by atoms with Gasteiger partial charge in [0.2, 0.25) is 0 Å². The number of nitrogens with zero attached hydrogens (tertiary/aromatic N) is 2. The Morgan fingerprint density at radius 3 is 2.45 bits per heavy atom. The van der Waals surface area contributed by atoms with E-state index in [9.17, 15) is 14.7 Å². The lowest BCUT2D eigenvalue weighted by molar-refractivity contribution is -0.142. The van der Waals surface area contributed by atoms with E-state index in [1.165, 1.54) is 0 Å². The van der Waals surface area contributed by atoms with Crippen molar-refractivity contribution in [3.63, 3.8) is 0 Å². The zero-order chi connectivity index (χ0) is 15.1. The molecule has 0 radical (unpaired) electrons. The first kappa shape index (κ1) is 16.7. The SMILES string of the molecule is CCN(CCCO)C(=O)N(CC)C1COCC1C(=O)O. The van der Waals surface area contributed by atoms with Crippen molar-refractivity contribution in [1.29, 1.82) is 0 Å². The molecule has 1 aliphatic rings. The molecule has 1 saturated heterocycles. The first-order valence-electron chi connectivity index (χ1n) is 7.03. The summed E-state index contributed by atoms with van der Waals surface area (Å²) in [5, 5.41) is 18.0. The number of carboxylic acid groups (broad SMARTS) is 1. The number of ether oxygens (including phenoxy) is 1. The molecule has 0 aromatic rings. The Morgan fingerprint density at radius 2 is 1.95 bits per heavy atom. The lowest BCUT2D eigenvalue weighted by Gasteiger charge is -2.34. The number of aliphatic carboxylic acids is 1. The van der Waals surface area contributed by atoms with Crippen LogP contribution in [0.4, 0.5) is 4.79 Å². The van der Waals surface area contributed by atoms with Gasteiger partial charge in [-0.25, -0.2) is 4.79 Å². The van der Waals surface area contributed by atoms with Crippen LogP contribution < -0.4 is 0 Å². The highest BCUT2D eigenvalue weighted by atomic mass is 16.5. The molecule has 7 heteroatoms. The van der Waals surface area contributed by atoms with Crippen LogP contribution >= 0.6 is 0 Å². The van der Waals surface area contributed by atoms with Gasteiger partial charge in [-0.2, -0.15) is 0 Å². The second-order valence-electron chi connectivity index (χ2n) is 4.77. The number of aliphatic hydroxyl groups excluding tert-OH is 1. The van der Waals surface area contributed by atoms with E-state index < -0.39 is 17.9 Å². The van der Waals surface area contributed by atoms with Crippen molar-refractivity contribution in [2.75, 3.05) is 39.5 Å². The predicted molar refractivity (Wildman–Crippen MR) is 72.5 cm³/mol. The molecule has 2 unspecified atom stereocenters. The van der Waals surface area contributed by atoms with Gasteiger partial charge >= 0.3 is 12.0 Å². The summed E-state index contributed by atoms with van der Waals surface area (Å²) in [6.45, 7) is 5.55. The zero-order valence-electron chi connectivity index (χ0n) is 12.1. The van der Waals surface area contributed by atoms with Gasteiger partial charge in [-0.05, 0) is 20.3 Å². The molecular weight excluding hydrogens is 264 g/mol. The number of amides is 2. The number of carbonyl (C=O) groups excluding carboxylic acids is 1. The first-order valence-corrected chi connectivity index (χ1v) is 7.03. The van der Waals surface area contributed by atoms with Gasteiger partial charge in [0.1, 0.15) is 5.92 Å². The first-order chi connectivity index (χ1) is 9.56. The molecule has 20 heavy (non-hydrogen) atoms. The highest BCUT2D eigenvalue weighted by Gasteiger charge is 2.40. The van der Waals surface area contributed by atoms with Crippen LogP contribution in [0.25, 0.3) is 0 Å². The molecule has 116 valence electrons. The van der Waals surface area contributed by atoms with Gasteiger partial charge in [-0.3, -0.25) is 4.79 Å². The van der Waals surface area contributed by atoms with Gasteiger partial charge in [0, 0.05) is 26.2 Å². The molecule has 0 saturated carbocycles. The standard InChI is InChI=1S/C13H24N2O5/c1-3-14(6-5-7-16)13(19)15(4-2)11-9-20-8-10(11)12(17)18/h10-11,16H,3-9H2,1-2H3,(H,17,18). The average molecular weight is 288 g/mol. The molecule has 2 atom stereocenters. The Hall–Kier alpha value is -1.34. The minimum absolute atomic E-state index is 0.0280. The molecule has 1 heterocycles. The van der Waals surface area contributed by atoms with E-state index in [1.54, 1.807) is 9.80 Å². The maximum Gasteiger partial charge on any atom is 0.320 e. The number of hydrogen-bond donors (Lipinski definition) is 2. The lowest BCUT2D eigenvalue weighted by Crippen LogP contribution is -2.52. The summed E-state index contributed by atoms with van der Waals surface area (Å²) in [5.74, 6) is -1.60. The molecule has 1 aliphatic heterocycles. The van der Waals surface area contributed by atoms with E-state index in [-0.39, 0.29) is 25.9 Å². The number of aliphatic hydroxyl groups is 1. The van der Waals surface area contributed by atoms with E-state index in [2.05, 4.69) is 0 Å². The summed E-state index contributed by atoms with van der Waals surface area (Å²) in [6.07, 6.45) is 0.515. The van der Waals surface area contributed by atoms with E-state index >= 15 is 0 Å². The Kier molecular flexibility index (Phi) is 6.74. The molecule has 0 aromatic heterocycles. The minimum atomic E-state index is -0.933. The van der Waals surface area contributed by atoms with Crippen molar-refractivity contribution in [2.24, 2.45) is 5.92 Å². The zero-order valence-corrected chi connectivity index (χ0v) is 12.1. The van der Waals surface area contributed by atoms with Crippen molar-refractivity contribution in [3.8, 4) is 0 Å². The van der Waals surface area contributed by atoms with Crippen molar-refractivity contribution in [3.05, 3.63) is 0 Å². The van der Waals surface area contributed by atoms with Crippen LogP contribution in [-0.4, -0.2) is 77.5 Å². The molecule has 0 aromatic carbocycles. The van der Waals surface area contributed by atoms with Crippen LogP contribution in [0.2, 0.25) is 0 Å². The van der Waals surface area contributed by atoms with Crippen LogP contribution in [0.3, 0.4) is 0 Å². The van der Waals surface area contributed by atoms with Crippen LogP contribution in [0, 0.1) is 5.92 Å². The smallest absolute Gasteiger partial charge is 0.320 e. The Labute approximate surface area is 119 Å². The van der Waals surface area contributed by atoms with Crippen LogP contribution in [0.1, 0.15) is 20.3 Å². The maximum absolute atomic E-state index is 12.5. The van der Waals surface area contributed by atoms with Crippen LogP contribution in [-0.2, 0) is 9.53 Å². The number of carboxylic acids is 1. The molecule has 2 amide bonds. The molecule has 1 rings (SSSR count). The number of rotatable bonds is 7. The molecule has 2 N–H and O–H groups in total. The van der Waals surface area contributed by atoms with E-state index in [1.807, 2.05) is 13.8 Å². The Morgan fingerprint density at radius 1 is 1.25 bits per heavy atom. The fraction of sp³-hybridized carbons (Fsp3) is 0.846. The number of carbonyl (C=O) groups is 2. The Balaban J connectivity index is 2.77. The second-order valence-corrected chi connectivity index (χ2v) is 4.77. The number of urea groups is 1. The molecule has 7 nitrogen and oxygen atoms in total. The summed E-state index contributed by atoms with van der Waals surface area (Å²) in [7, 11) is 0. The summed E-state index contributed by atoms with van der Waals surface area (Å²) >= 11 is 0. The second kappa shape index (κ2) is 8.06. The molecule has 0 aliphatic carbocycles. The highest BCUT2D eigenvalue weighted by molar-refractivity contribution is 5.77. The Bertz CT molecular complexity index is 337. The van der Waals surface area contributed by atoms with Crippen LogP contribution in [0.15, 0.2) is 0 Å². The van der Waals surface area contributed by atoms with Crippen molar-refractivity contribution < 1.29 is 24.5 Å². The van der Waals surface area contributed by atoms with E-state index in [0.29, 0.717) is 26.1 Å².